The average molecular weight is 478 g/mol. The number of piperazine rings is 1. The summed E-state index contributed by atoms with van der Waals surface area (Å²) in [5.74, 6) is -3.38. The van der Waals surface area contributed by atoms with E-state index in [1.807, 2.05) is 11.8 Å². The maximum absolute atomic E-state index is 13.7. The highest BCUT2D eigenvalue weighted by Crippen LogP contribution is 2.36. The molecule has 2 N–H and O–H groups in total. The lowest BCUT2D eigenvalue weighted by atomic mass is 9.73. The van der Waals surface area contributed by atoms with Crippen molar-refractivity contribution in [3.8, 4) is 0 Å². The first-order valence-electron chi connectivity index (χ1n) is 11.4. The lowest BCUT2D eigenvalue weighted by molar-refractivity contribution is -0.144. The van der Waals surface area contributed by atoms with Crippen LogP contribution in [0.1, 0.15) is 27.2 Å². The summed E-state index contributed by atoms with van der Waals surface area (Å²) in [5, 5.41) is 5.01. The summed E-state index contributed by atoms with van der Waals surface area (Å²) in [5.41, 5.74) is -0.687. The predicted octanol–water partition coefficient (Wildman–Crippen LogP) is 1.08. The molecule has 3 saturated heterocycles. The molecule has 0 radical (unpaired) electrons. The van der Waals surface area contributed by atoms with E-state index in [1.54, 1.807) is 16.7 Å². The minimum Gasteiger partial charge on any atom is -0.365 e. The van der Waals surface area contributed by atoms with Crippen molar-refractivity contribution in [1.29, 1.82) is 0 Å². The first-order chi connectivity index (χ1) is 16.0. The molecule has 0 aliphatic carbocycles. The van der Waals surface area contributed by atoms with Crippen molar-refractivity contribution in [2.45, 2.75) is 38.8 Å². The predicted molar refractivity (Wildman–Crippen MR) is 119 cm³/mol. The molecule has 2 unspecified atom stereocenters. The number of likely N-dealkylation sites (tertiary alicyclic amines) is 1. The lowest BCUT2D eigenvalue weighted by Crippen LogP contribution is -2.66. The molecule has 0 aromatic heterocycles. The molecular weight excluding hydrogens is 448 g/mol. The highest BCUT2D eigenvalue weighted by atomic mass is 19.2. The van der Waals surface area contributed by atoms with Crippen LogP contribution in [0, 0.1) is 23.5 Å². The summed E-state index contributed by atoms with van der Waals surface area (Å²) in [6, 6.07) is 3.03. The molecule has 34 heavy (non-hydrogen) atoms. The van der Waals surface area contributed by atoms with Crippen LogP contribution in [0.25, 0.3) is 0 Å². The summed E-state index contributed by atoms with van der Waals surface area (Å²) in [6.07, 6.45) is 0.123. The average Bonchev–Trinajstić information content (AvgIpc) is 3.01. The second-order valence-electron chi connectivity index (χ2n) is 9.53. The Hall–Kier alpha value is -3.24. The first-order valence-corrected chi connectivity index (χ1v) is 11.4. The van der Waals surface area contributed by atoms with Crippen molar-refractivity contribution in [3.63, 3.8) is 0 Å². The zero-order valence-electron chi connectivity index (χ0n) is 19.4. The number of anilines is 1. The zero-order valence-corrected chi connectivity index (χ0v) is 19.4. The fourth-order valence-corrected chi connectivity index (χ4v) is 5.24. The van der Waals surface area contributed by atoms with E-state index in [0.29, 0.717) is 38.4 Å². The number of carbonyl (C=O) groups is 4. The van der Waals surface area contributed by atoms with E-state index in [1.165, 1.54) is 13.0 Å². The first kappa shape index (κ1) is 23.9. The molecule has 3 aliphatic heterocycles. The van der Waals surface area contributed by atoms with Gasteiger partial charge in [-0.3, -0.25) is 19.7 Å². The molecule has 5 amide bonds. The molecule has 11 heteroatoms. The second-order valence-corrected chi connectivity index (χ2v) is 9.53. The Morgan fingerprint density at radius 1 is 1.12 bits per heavy atom. The van der Waals surface area contributed by atoms with E-state index in [9.17, 15) is 28.0 Å². The summed E-state index contributed by atoms with van der Waals surface area (Å²) >= 11 is 0. The van der Waals surface area contributed by atoms with Gasteiger partial charge in [-0.25, -0.2) is 13.6 Å². The van der Waals surface area contributed by atoms with Gasteiger partial charge in [-0.15, -0.1) is 0 Å². The third-order valence-corrected chi connectivity index (χ3v) is 7.22. The highest BCUT2D eigenvalue weighted by molar-refractivity contribution is 6.07. The van der Waals surface area contributed by atoms with Crippen molar-refractivity contribution in [1.82, 2.24) is 20.4 Å². The van der Waals surface area contributed by atoms with Crippen molar-refractivity contribution in [2.75, 3.05) is 37.6 Å². The number of nitrogens with one attached hydrogen (secondary N) is 2. The van der Waals surface area contributed by atoms with Crippen LogP contribution in [0.3, 0.4) is 0 Å². The second kappa shape index (κ2) is 8.84. The van der Waals surface area contributed by atoms with Crippen molar-refractivity contribution >= 4 is 29.4 Å². The number of imide groups is 1. The van der Waals surface area contributed by atoms with Crippen LogP contribution in [-0.2, 0) is 14.4 Å². The van der Waals surface area contributed by atoms with E-state index in [2.05, 4.69) is 10.6 Å². The van der Waals surface area contributed by atoms with Gasteiger partial charge < -0.3 is 20.0 Å². The molecular formula is C23H29F2N5O4. The fraction of sp³-hybridized carbons (Fsp3) is 0.565. The summed E-state index contributed by atoms with van der Waals surface area (Å²) in [4.78, 5) is 54.9. The van der Waals surface area contributed by atoms with E-state index < -0.39 is 35.0 Å². The van der Waals surface area contributed by atoms with Crippen LogP contribution in [0.5, 0.6) is 0 Å². The molecule has 0 bridgehead atoms. The van der Waals surface area contributed by atoms with Gasteiger partial charge in [0.15, 0.2) is 11.6 Å². The van der Waals surface area contributed by atoms with E-state index >= 15 is 0 Å². The molecule has 4 rings (SSSR count). The standard InChI is InChI=1S/C23H29F2N5O4/c1-13(9-23(21(33)26-22(34)27-23)16-11-29(12-16)15(3)31)20(32)28-6-7-30(14(2)10-28)17-4-5-18(24)19(25)8-17/h4-5,8,13-14,16H,6-7,9-12H2,1-3H3,(H2,26,27,33,34)/t13?,14-,23?/m0/s1. The van der Waals surface area contributed by atoms with Gasteiger partial charge in [-0.05, 0) is 25.5 Å². The topological polar surface area (TPSA) is 102 Å². The summed E-state index contributed by atoms with van der Waals surface area (Å²) < 4.78 is 27.0. The smallest absolute Gasteiger partial charge is 0.322 e. The minimum absolute atomic E-state index is 0.104. The highest BCUT2D eigenvalue weighted by Gasteiger charge is 2.57. The van der Waals surface area contributed by atoms with Gasteiger partial charge in [-0.2, -0.15) is 0 Å². The van der Waals surface area contributed by atoms with Gasteiger partial charge >= 0.3 is 6.03 Å². The van der Waals surface area contributed by atoms with Crippen molar-refractivity contribution in [3.05, 3.63) is 29.8 Å². The lowest BCUT2D eigenvalue weighted by Gasteiger charge is -2.48. The van der Waals surface area contributed by atoms with Crippen LogP contribution in [-0.4, -0.2) is 77.9 Å². The van der Waals surface area contributed by atoms with Crippen LogP contribution >= 0.6 is 0 Å². The number of rotatable bonds is 5. The van der Waals surface area contributed by atoms with Gasteiger partial charge in [0.05, 0.1) is 0 Å². The fourth-order valence-electron chi connectivity index (χ4n) is 5.24. The third-order valence-electron chi connectivity index (χ3n) is 7.22. The van der Waals surface area contributed by atoms with Gasteiger partial charge in [0.25, 0.3) is 5.91 Å². The van der Waals surface area contributed by atoms with Gasteiger partial charge in [0, 0.05) is 69.3 Å². The van der Waals surface area contributed by atoms with E-state index in [4.69, 9.17) is 0 Å². The normalized spacial score (nSPS) is 26.1. The summed E-state index contributed by atoms with van der Waals surface area (Å²) in [7, 11) is 0. The zero-order chi connectivity index (χ0) is 24.8. The number of amides is 5. The Balaban J connectivity index is 1.42. The molecule has 3 aliphatic rings. The molecule has 3 fully saturated rings. The number of carbonyl (C=O) groups excluding carboxylic acids is 4. The maximum atomic E-state index is 13.7. The van der Waals surface area contributed by atoms with Crippen molar-refractivity contribution in [2.24, 2.45) is 11.8 Å². The number of nitrogens with zero attached hydrogens (tertiary/aromatic N) is 3. The van der Waals surface area contributed by atoms with Crippen LogP contribution in [0.4, 0.5) is 19.3 Å². The Labute approximate surface area is 196 Å². The maximum Gasteiger partial charge on any atom is 0.322 e. The van der Waals surface area contributed by atoms with Gasteiger partial charge in [0.2, 0.25) is 11.8 Å². The van der Waals surface area contributed by atoms with E-state index in [0.717, 1.165) is 12.1 Å². The Morgan fingerprint density at radius 2 is 1.82 bits per heavy atom. The largest absolute Gasteiger partial charge is 0.365 e. The quantitative estimate of drug-likeness (QED) is 0.618. The van der Waals surface area contributed by atoms with Gasteiger partial charge in [-0.1, -0.05) is 6.92 Å². The molecule has 1 aromatic rings. The molecule has 3 heterocycles. The number of hydrogen-bond donors (Lipinski definition) is 2. The monoisotopic (exact) mass is 477 g/mol. The molecule has 0 saturated carbocycles. The number of halogens is 2. The van der Waals surface area contributed by atoms with Gasteiger partial charge in [0.1, 0.15) is 5.54 Å². The van der Waals surface area contributed by atoms with Crippen molar-refractivity contribution < 1.29 is 28.0 Å². The molecule has 0 spiro atoms. The summed E-state index contributed by atoms with van der Waals surface area (Å²) in [6.45, 7) is 6.99. The van der Waals surface area contributed by atoms with E-state index in [-0.39, 0.29) is 30.2 Å². The molecule has 1 aromatic carbocycles. The number of benzene rings is 1. The van der Waals surface area contributed by atoms with Crippen LogP contribution in [0.15, 0.2) is 18.2 Å². The molecule has 9 nitrogen and oxygen atoms in total. The van der Waals surface area contributed by atoms with Crippen LogP contribution < -0.4 is 15.5 Å². The Kier molecular flexibility index (Phi) is 6.22. The molecule has 184 valence electrons. The SMILES string of the molecule is CC(=O)N1CC(C2(CC(C)C(=O)N3CCN(c4ccc(F)c(F)c4)[C@@H](C)C3)NC(=O)NC2=O)C1. The molecule has 3 atom stereocenters. The Bertz CT molecular complexity index is 1030. The third kappa shape index (κ3) is 4.19. The van der Waals surface area contributed by atoms with Crippen LogP contribution in [0.2, 0.25) is 0 Å². The number of urea groups is 1. The Morgan fingerprint density at radius 3 is 2.38 bits per heavy atom. The minimum atomic E-state index is -1.24. The number of hydrogen-bond acceptors (Lipinski definition) is 5.